The van der Waals surface area contributed by atoms with Gasteiger partial charge >= 0.3 is 11.9 Å². The smallest absolute Gasteiger partial charge is 0.338 e. The number of hydrogen-bond donors (Lipinski definition) is 0. The Morgan fingerprint density at radius 3 is 2.77 bits per heavy atom. The van der Waals surface area contributed by atoms with E-state index in [0.29, 0.717) is 31.4 Å². The number of carbonyl (C=O) groups excluding carboxylic acids is 2. The Labute approximate surface area is 204 Å². The van der Waals surface area contributed by atoms with Crippen LogP contribution in [0.25, 0.3) is 0 Å². The number of carbonyl (C=O) groups is 2. The van der Waals surface area contributed by atoms with Gasteiger partial charge in [0.2, 0.25) is 0 Å². The maximum absolute atomic E-state index is 15.4. The number of rotatable bonds is 10. The van der Waals surface area contributed by atoms with Gasteiger partial charge in [-0.15, -0.1) is 0 Å². The number of unbranched alkanes of at least 4 members (excludes halogenated alkanes) is 1. The van der Waals surface area contributed by atoms with Gasteiger partial charge in [0.25, 0.3) is 5.92 Å². The highest BCUT2D eigenvalue weighted by Gasteiger charge is 2.51. The first kappa shape index (κ1) is 25.8. The highest BCUT2D eigenvalue weighted by Crippen LogP contribution is 2.44. The molecule has 2 saturated heterocycles. The van der Waals surface area contributed by atoms with Gasteiger partial charge in [0, 0.05) is 24.9 Å². The minimum absolute atomic E-state index is 0.121. The first-order valence-corrected chi connectivity index (χ1v) is 12.7. The maximum atomic E-state index is 15.4. The largest absolute Gasteiger partial charge is 0.462 e. The summed E-state index contributed by atoms with van der Waals surface area (Å²) in [5.74, 6) is -4.98. The summed E-state index contributed by atoms with van der Waals surface area (Å²) < 4.78 is 53.2. The third-order valence-corrected chi connectivity index (χ3v) is 7.06. The predicted molar refractivity (Wildman–Crippen MR) is 124 cm³/mol. The summed E-state index contributed by atoms with van der Waals surface area (Å²) in [6.07, 6.45) is 3.63. The summed E-state index contributed by atoms with van der Waals surface area (Å²) in [6.45, 7) is 2.46. The van der Waals surface area contributed by atoms with Crippen LogP contribution >= 0.6 is 0 Å². The standard InChI is InChI=1S/C27H34F2O6/c1-2-3-11-23(35-25-12-7-8-15-32-25)27(28,29)14-13-19-20-16-24(30)33-22(20)17-21(19)34-26(31)18-9-5-4-6-10-18/h4-6,9-10,13-14,19-23,25H,2-3,7-8,11-12,15-17H2,1H3/t19-,20-,21-,22+,23?,25?/m1/s1. The second kappa shape index (κ2) is 11.6. The zero-order valence-electron chi connectivity index (χ0n) is 20.1. The molecule has 4 rings (SSSR count). The van der Waals surface area contributed by atoms with E-state index in [1.165, 1.54) is 6.08 Å². The Kier molecular flexibility index (Phi) is 8.55. The Hall–Kier alpha value is -2.32. The molecule has 0 radical (unpaired) electrons. The molecule has 1 aromatic carbocycles. The zero-order valence-corrected chi connectivity index (χ0v) is 20.1. The van der Waals surface area contributed by atoms with E-state index in [-0.39, 0.29) is 24.7 Å². The molecule has 1 aromatic rings. The summed E-state index contributed by atoms with van der Waals surface area (Å²) in [5.41, 5.74) is 0.384. The van der Waals surface area contributed by atoms with Gasteiger partial charge in [-0.1, -0.05) is 44.0 Å². The first-order valence-electron chi connectivity index (χ1n) is 12.7. The highest BCUT2D eigenvalue weighted by molar-refractivity contribution is 5.89. The van der Waals surface area contributed by atoms with Crippen molar-refractivity contribution in [3.05, 3.63) is 48.0 Å². The predicted octanol–water partition coefficient (Wildman–Crippen LogP) is 5.46. The molecule has 0 spiro atoms. The first-order chi connectivity index (χ1) is 16.9. The molecule has 8 heteroatoms. The molecule has 0 bridgehead atoms. The molecule has 0 amide bonds. The second-order valence-electron chi connectivity index (χ2n) is 9.62. The SMILES string of the molecule is CCCCC(OC1CCCCO1)C(F)(F)C=C[C@@H]1[C@H]2CC(=O)O[C@H]2C[C@H]1OC(=O)c1ccccc1. The van der Waals surface area contributed by atoms with Crippen LogP contribution in [0.5, 0.6) is 0 Å². The molecule has 3 fully saturated rings. The lowest BCUT2D eigenvalue weighted by Crippen LogP contribution is -2.39. The maximum Gasteiger partial charge on any atom is 0.338 e. The molecule has 35 heavy (non-hydrogen) atoms. The fourth-order valence-electron chi connectivity index (χ4n) is 5.16. The van der Waals surface area contributed by atoms with E-state index in [2.05, 4.69) is 0 Å². The van der Waals surface area contributed by atoms with E-state index >= 15 is 8.78 Å². The van der Waals surface area contributed by atoms with Gasteiger partial charge in [-0.2, -0.15) is 8.78 Å². The molecule has 192 valence electrons. The zero-order chi connectivity index (χ0) is 24.8. The third kappa shape index (κ3) is 6.47. The Balaban J connectivity index is 1.49. The van der Waals surface area contributed by atoms with Crippen LogP contribution in [-0.2, 0) is 23.7 Å². The third-order valence-electron chi connectivity index (χ3n) is 7.06. The van der Waals surface area contributed by atoms with Crippen LogP contribution in [0.4, 0.5) is 8.78 Å². The Morgan fingerprint density at radius 1 is 1.26 bits per heavy atom. The van der Waals surface area contributed by atoms with E-state index in [0.717, 1.165) is 25.3 Å². The van der Waals surface area contributed by atoms with Crippen molar-refractivity contribution in [3.8, 4) is 0 Å². The van der Waals surface area contributed by atoms with Gasteiger partial charge in [0.15, 0.2) is 6.29 Å². The number of fused-ring (bicyclic) bond motifs is 1. The number of esters is 2. The normalized spacial score (nSPS) is 29.7. The Morgan fingerprint density at radius 2 is 2.06 bits per heavy atom. The van der Waals surface area contributed by atoms with E-state index in [1.54, 1.807) is 30.3 Å². The summed E-state index contributed by atoms with van der Waals surface area (Å²) in [5, 5.41) is 0. The van der Waals surface area contributed by atoms with Crippen molar-refractivity contribution in [1.82, 2.24) is 0 Å². The van der Waals surface area contributed by atoms with Crippen molar-refractivity contribution < 1.29 is 37.3 Å². The van der Waals surface area contributed by atoms with Gasteiger partial charge in [0.05, 0.1) is 12.0 Å². The minimum atomic E-state index is -3.24. The average Bonchev–Trinajstić information content (AvgIpc) is 3.36. The molecular weight excluding hydrogens is 458 g/mol. The van der Waals surface area contributed by atoms with Crippen LogP contribution in [0.15, 0.2) is 42.5 Å². The van der Waals surface area contributed by atoms with Gasteiger partial charge in [-0.3, -0.25) is 4.79 Å². The lowest BCUT2D eigenvalue weighted by molar-refractivity contribution is -0.229. The number of alkyl halides is 2. The van der Waals surface area contributed by atoms with E-state index in [4.69, 9.17) is 18.9 Å². The minimum Gasteiger partial charge on any atom is -0.462 e. The van der Waals surface area contributed by atoms with Crippen LogP contribution in [-0.4, -0.2) is 49.1 Å². The van der Waals surface area contributed by atoms with Crippen molar-refractivity contribution in [2.24, 2.45) is 11.8 Å². The van der Waals surface area contributed by atoms with E-state index < -0.39 is 42.4 Å². The molecular formula is C27H34F2O6. The van der Waals surface area contributed by atoms with E-state index in [9.17, 15) is 9.59 Å². The van der Waals surface area contributed by atoms with Crippen LogP contribution in [0.2, 0.25) is 0 Å². The van der Waals surface area contributed by atoms with Crippen molar-refractivity contribution in [3.63, 3.8) is 0 Å². The molecule has 1 aliphatic carbocycles. The van der Waals surface area contributed by atoms with Crippen molar-refractivity contribution in [2.75, 3.05) is 6.61 Å². The molecule has 1 saturated carbocycles. The number of halogens is 2. The summed E-state index contributed by atoms with van der Waals surface area (Å²) in [6, 6.07) is 8.53. The summed E-state index contributed by atoms with van der Waals surface area (Å²) in [7, 11) is 0. The molecule has 2 heterocycles. The molecule has 2 unspecified atom stereocenters. The molecule has 0 N–H and O–H groups in total. The molecule has 6 atom stereocenters. The fourth-order valence-corrected chi connectivity index (χ4v) is 5.16. The van der Waals surface area contributed by atoms with E-state index in [1.807, 2.05) is 6.92 Å². The van der Waals surface area contributed by atoms with Crippen LogP contribution < -0.4 is 0 Å². The summed E-state index contributed by atoms with van der Waals surface area (Å²) in [4.78, 5) is 24.5. The van der Waals surface area contributed by atoms with Crippen LogP contribution in [0.1, 0.15) is 68.6 Å². The number of hydrogen-bond acceptors (Lipinski definition) is 6. The van der Waals surface area contributed by atoms with Gasteiger partial charge < -0.3 is 18.9 Å². The molecule has 0 aromatic heterocycles. The Bertz CT molecular complexity index is 883. The average molecular weight is 493 g/mol. The second-order valence-corrected chi connectivity index (χ2v) is 9.62. The number of benzene rings is 1. The summed E-state index contributed by atoms with van der Waals surface area (Å²) >= 11 is 0. The monoisotopic (exact) mass is 492 g/mol. The van der Waals surface area contributed by atoms with Crippen LogP contribution in [0, 0.1) is 11.8 Å². The van der Waals surface area contributed by atoms with Crippen molar-refractivity contribution >= 4 is 11.9 Å². The van der Waals surface area contributed by atoms with Crippen molar-refractivity contribution in [1.29, 1.82) is 0 Å². The lowest BCUT2D eigenvalue weighted by Gasteiger charge is -2.31. The molecule has 6 nitrogen and oxygen atoms in total. The van der Waals surface area contributed by atoms with Crippen LogP contribution in [0.3, 0.4) is 0 Å². The molecule has 3 aliphatic rings. The topological polar surface area (TPSA) is 71.1 Å². The lowest BCUT2D eigenvalue weighted by atomic mass is 9.90. The number of ether oxygens (including phenoxy) is 4. The van der Waals surface area contributed by atoms with Crippen molar-refractivity contribution in [2.45, 2.75) is 88.8 Å². The van der Waals surface area contributed by atoms with Gasteiger partial charge in [0.1, 0.15) is 18.3 Å². The van der Waals surface area contributed by atoms with Gasteiger partial charge in [-0.05, 0) is 43.9 Å². The van der Waals surface area contributed by atoms with Gasteiger partial charge in [-0.25, -0.2) is 4.79 Å². The molecule has 2 aliphatic heterocycles. The fraction of sp³-hybridized carbons (Fsp3) is 0.630. The quantitative estimate of drug-likeness (QED) is 0.319. The highest BCUT2D eigenvalue weighted by atomic mass is 19.3.